The van der Waals surface area contributed by atoms with Gasteiger partial charge in [-0.05, 0) is 49.4 Å². The summed E-state index contributed by atoms with van der Waals surface area (Å²) in [6.45, 7) is 2.36. The molecule has 0 bridgehead atoms. The van der Waals surface area contributed by atoms with Gasteiger partial charge in [0.2, 0.25) is 0 Å². The zero-order valence-electron chi connectivity index (χ0n) is 14.5. The molecular weight excluding hydrogens is 369 g/mol. The molecule has 1 heterocycles. The predicted molar refractivity (Wildman–Crippen MR) is 104 cm³/mol. The van der Waals surface area contributed by atoms with E-state index in [0.717, 1.165) is 0 Å². The lowest BCUT2D eigenvalue weighted by molar-refractivity contribution is 0.102. The van der Waals surface area contributed by atoms with E-state index in [1.165, 1.54) is 18.3 Å². The Morgan fingerprint density at radius 3 is 2.70 bits per heavy atom. The Labute approximate surface area is 161 Å². The first-order valence-electron chi connectivity index (χ1n) is 8.28. The highest BCUT2D eigenvalue weighted by Crippen LogP contribution is 2.25. The first-order chi connectivity index (χ1) is 13.1. The molecule has 1 amide bonds. The Hall–Kier alpha value is -3.12. The monoisotopic (exact) mass is 385 g/mol. The van der Waals surface area contributed by atoms with E-state index in [2.05, 4.69) is 15.6 Å². The molecule has 0 aliphatic rings. The van der Waals surface area contributed by atoms with Crippen LogP contribution < -0.4 is 15.4 Å². The molecule has 0 fully saturated rings. The number of benzene rings is 2. The molecule has 0 unspecified atom stereocenters. The Kier molecular flexibility index (Phi) is 5.88. The number of halogens is 2. The topological polar surface area (TPSA) is 63.2 Å². The maximum atomic E-state index is 13.3. The second-order valence-corrected chi connectivity index (χ2v) is 5.97. The van der Waals surface area contributed by atoms with Gasteiger partial charge in [-0.25, -0.2) is 4.39 Å². The Morgan fingerprint density at radius 1 is 1.15 bits per heavy atom. The molecule has 0 spiro atoms. The molecule has 5 nitrogen and oxygen atoms in total. The number of ether oxygens (including phenoxy) is 1. The number of amides is 1. The summed E-state index contributed by atoms with van der Waals surface area (Å²) in [6.07, 6.45) is 1.51. The van der Waals surface area contributed by atoms with Gasteiger partial charge in [0.1, 0.15) is 17.3 Å². The van der Waals surface area contributed by atoms with Crippen molar-refractivity contribution >= 4 is 34.6 Å². The van der Waals surface area contributed by atoms with Crippen LogP contribution in [-0.2, 0) is 0 Å². The molecule has 3 aromatic rings. The van der Waals surface area contributed by atoms with Gasteiger partial charge in [0, 0.05) is 17.6 Å². The van der Waals surface area contributed by atoms with Crippen LogP contribution in [0.3, 0.4) is 0 Å². The lowest BCUT2D eigenvalue weighted by Crippen LogP contribution is -2.14. The molecule has 0 saturated carbocycles. The number of carbonyl (C=O) groups excluding carboxylic acids is 1. The van der Waals surface area contributed by atoms with Crippen LogP contribution >= 0.6 is 11.6 Å². The van der Waals surface area contributed by atoms with Gasteiger partial charge >= 0.3 is 0 Å². The number of aromatic nitrogens is 1. The molecular formula is C20H17ClFN3O2. The third kappa shape index (κ3) is 4.74. The SMILES string of the molecule is CCOc1ccccc1NC(=O)c1cc(Nc2ccc(F)c(Cl)c2)ccn1. The van der Waals surface area contributed by atoms with E-state index < -0.39 is 5.82 Å². The lowest BCUT2D eigenvalue weighted by Gasteiger charge is -2.12. The first kappa shape index (κ1) is 18.7. The number of anilines is 3. The second kappa shape index (κ2) is 8.51. The van der Waals surface area contributed by atoms with Crippen molar-refractivity contribution in [1.82, 2.24) is 4.98 Å². The van der Waals surface area contributed by atoms with Crippen molar-refractivity contribution < 1.29 is 13.9 Å². The van der Waals surface area contributed by atoms with Crippen molar-refractivity contribution in [2.75, 3.05) is 17.2 Å². The number of pyridine rings is 1. The molecule has 2 N–H and O–H groups in total. The minimum absolute atomic E-state index is 0.0135. The van der Waals surface area contributed by atoms with Gasteiger partial charge in [0.15, 0.2) is 0 Å². The molecule has 138 valence electrons. The fourth-order valence-corrected chi connectivity index (χ4v) is 2.59. The largest absolute Gasteiger partial charge is 0.492 e. The number of hydrogen-bond acceptors (Lipinski definition) is 4. The van der Waals surface area contributed by atoms with Crippen molar-refractivity contribution in [1.29, 1.82) is 0 Å². The standard InChI is InChI=1S/C20H17ClFN3O2/c1-2-27-19-6-4-3-5-17(19)25-20(26)18-12-14(9-10-23-18)24-13-7-8-16(22)15(21)11-13/h3-12H,2H2,1H3,(H,23,24)(H,25,26). The average Bonchev–Trinajstić information content (AvgIpc) is 2.67. The van der Waals surface area contributed by atoms with Gasteiger partial charge in [-0.2, -0.15) is 0 Å². The number of nitrogens with zero attached hydrogens (tertiary/aromatic N) is 1. The van der Waals surface area contributed by atoms with Gasteiger partial charge in [-0.3, -0.25) is 9.78 Å². The summed E-state index contributed by atoms with van der Waals surface area (Å²) in [5, 5.41) is 5.87. The Bertz CT molecular complexity index is 965. The maximum absolute atomic E-state index is 13.3. The summed E-state index contributed by atoms with van der Waals surface area (Å²) in [5.74, 6) is -0.281. The van der Waals surface area contributed by atoms with Crippen LogP contribution in [0.25, 0.3) is 0 Å². The molecule has 0 aliphatic heterocycles. The average molecular weight is 386 g/mol. The van der Waals surface area contributed by atoms with Gasteiger partial charge in [0.25, 0.3) is 5.91 Å². The van der Waals surface area contributed by atoms with E-state index in [0.29, 0.717) is 29.4 Å². The molecule has 0 radical (unpaired) electrons. The molecule has 0 atom stereocenters. The number of carbonyl (C=O) groups is 1. The summed E-state index contributed by atoms with van der Waals surface area (Å²) < 4.78 is 18.8. The quantitative estimate of drug-likeness (QED) is 0.606. The van der Waals surface area contributed by atoms with Gasteiger partial charge in [-0.1, -0.05) is 23.7 Å². The highest BCUT2D eigenvalue weighted by Gasteiger charge is 2.12. The Balaban J connectivity index is 1.76. The third-order valence-corrected chi connectivity index (χ3v) is 3.93. The van der Waals surface area contributed by atoms with Crippen LogP contribution in [0, 0.1) is 5.82 Å². The predicted octanol–water partition coefficient (Wildman–Crippen LogP) is 5.27. The van der Waals surface area contributed by atoms with Gasteiger partial charge in [0.05, 0.1) is 17.3 Å². The highest BCUT2D eigenvalue weighted by atomic mass is 35.5. The molecule has 0 aliphatic carbocycles. The fourth-order valence-electron chi connectivity index (χ4n) is 2.41. The minimum Gasteiger partial charge on any atom is -0.492 e. The maximum Gasteiger partial charge on any atom is 0.274 e. The van der Waals surface area contributed by atoms with Crippen LogP contribution in [0.2, 0.25) is 5.02 Å². The number of hydrogen-bond donors (Lipinski definition) is 2. The summed E-state index contributed by atoms with van der Waals surface area (Å²) in [7, 11) is 0. The molecule has 7 heteroatoms. The molecule has 1 aromatic heterocycles. The molecule has 2 aromatic carbocycles. The summed E-state index contributed by atoms with van der Waals surface area (Å²) in [5.41, 5.74) is 2.01. The zero-order chi connectivity index (χ0) is 19.2. The van der Waals surface area contributed by atoms with Crippen molar-refractivity contribution in [2.45, 2.75) is 6.92 Å². The van der Waals surface area contributed by atoms with Crippen LogP contribution in [-0.4, -0.2) is 17.5 Å². The second-order valence-electron chi connectivity index (χ2n) is 5.57. The van der Waals surface area contributed by atoms with E-state index in [9.17, 15) is 9.18 Å². The third-order valence-electron chi connectivity index (χ3n) is 3.64. The van der Waals surface area contributed by atoms with Crippen LogP contribution in [0.5, 0.6) is 5.75 Å². The van der Waals surface area contributed by atoms with Crippen molar-refractivity contribution in [2.24, 2.45) is 0 Å². The minimum atomic E-state index is -0.495. The van der Waals surface area contributed by atoms with E-state index in [1.807, 2.05) is 19.1 Å². The van der Waals surface area contributed by atoms with Crippen molar-refractivity contribution in [3.8, 4) is 5.75 Å². The van der Waals surface area contributed by atoms with Gasteiger partial charge in [-0.15, -0.1) is 0 Å². The fraction of sp³-hybridized carbons (Fsp3) is 0.100. The number of rotatable bonds is 6. The highest BCUT2D eigenvalue weighted by molar-refractivity contribution is 6.31. The summed E-state index contributed by atoms with van der Waals surface area (Å²) >= 11 is 5.79. The van der Waals surface area contributed by atoms with Crippen LogP contribution in [0.4, 0.5) is 21.5 Å². The van der Waals surface area contributed by atoms with Gasteiger partial charge < -0.3 is 15.4 Å². The lowest BCUT2D eigenvalue weighted by atomic mass is 10.2. The Morgan fingerprint density at radius 2 is 1.93 bits per heavy atom. The first-order valence-corrected chi connectivity index (χ1v) is 8.66. The van der Waals surface area contributed by atoms with E-state index in [1.54, 1.807) is 30.3 Å². The zero-order valence-corrected chi connectivity index (χ0v) is 15.3. The normalized spacial score (nSPS) is 10.3. The summed E-state index contributed by atoms with van der Waals surface area (Å²) in [6, 6.07) is 14.8. The molecule has 0 saturated heterocycles. The van der Waals surface area contributed by atoms with E-state index >= 15 is 0 Å². The molecule has 27 heavy (non-hydrogen) atoms. The molecule has 3 rings (SSSR count). The number of nitrogens with one attached hydrogen (secondary N) is 2. The van der Waals surface area contributed by atoms with E-state index in [-0.39, 0.29) is 16.6 Å². The van der Waals surface area contributed by atoms with E-state index in [4.69, 9.17) is 16.3 Å². The smallest absolute Gasteiger partial charge is 0.274 e. The van der Waals surface area contributed by atoms with Crippen LogP contribution in [0.1, 0.15) is 17.4 Å². The van der Waals surface area contributed by atoms with Crippen LogP contribution in [0.15, 0.2) is 60.8 Å². The van der Waals surface area contributed by atoms with Crippen molar-refractivity contribution in [3.05, 3.63) is 77.3 Å². The summed E-state index contributed by atoms with van der Waals surface area (Å²) in [4.78, 5) is 16.7. The van der Waals surface area contributed by atoms with Crippen molar-refractivity contribution in [3.63, 3.8) is 0 Å². The number of para-hydroxylation sites is 2.